The van der Waals surface area contributed by atoms with Crippen molar-refractivity contribution in [3.63, 3.8) is 0 Å². The molecular formula is C46H50N6O11S2. The smallest absolute Gasteiger partial charge is 0.407 e. The number of carbonyl (C=O) groups is 2. The molecule has 65 heavy (non-hydrogen) atoms. The van der Waals surface area contributed by atoms with E-state index in [4.69, 9.17) is 23.7 Å². The van der Waals surface area contributed by atoms with E-state index < -0.39 is 59.6 Å². The van der Waals surface area contributed by atoms with Crippen molar-refractivity contribution < 1.29 is 50.1 Å². The van der Waals surface area contributed by atoms with E-state index in [2.05, 4.69) is 20.7 Å². The Kier molecular flexibility index (Phi) is 14.9. The highest BCUT2D eigenvalue weighted by molar-refractivity contribution is 7.93. The first-order chi connectivity index (χ1) is 31.0. The molecule has 6 aromatic rings. The average Bonchev–Trinajstić information content (AvgIpc) is 3.76. The lowest BCUT2D eigenvalue weighted by molar-refractivity contribution is 0.0530. The number of hydrogen-bond acceptors (Lipinski definition) is 14. The second-order valence-electron chi connectivity index (χ2n) is 15.6. The lowest BCUT2D eigenvalue weighted by Crippen LogP contribution is -2.35. The minimum atomic E-state index is -4.98. The molecule has 0 saturated carbocycles. The number of nitrogens with one attached hydrogen (secondary N) is 1. The van der Waals surface area contributed by atoms with Crippen LogP contribution in [0.1, 0.15) is 47.8 Å². The number of tetrazole rings is 1. The van der Waals surface area contributed by atoms with Crippen molar-refractivity contribution in [3.05, 3.63) is 131 Å². The molecule has 5 aromatic carbocycles. The summed E-state index contributed by atoms with van der Waals surface area (Å²) in [5.74, 6) is -0.0366. The molecule has 0 aliphatic heterocycles. The van der Waals surface area contributed by atoms with E-state index in [1.165, 1.54) is 44.3 Å². The molecule has 1 amide bonds. The van der Waals surface area contributed by atoms with Crippen molar-refractivity contribution >= 4 is 31.9 Å². The van der Waals surface area contributed by atoms with Gasteiger partial charge in [-0.15, -0.1) is 10.2 Å². The summed E-state index contributed by atoms with van der Waals surface area (Å²) in [6.45, 7) is 4.15. The van der Waals surface area contributed by atoms with E-state index in [0.29, 0.717) is 28.4 Å². The van der Waals surface area contributed by atoms with Crippen molar-refractivity contribution in [2.24, 2.45) is 0 Å². The molecule has 0 bridgehead atoms. The van der Waals surface area contributed by atoms with Gasteiger partial charge in [0.1, 0.15) is 27.7 Å². The predicted octanol–water partition coefficient (Wildman–Crippen LogP) is 6.56. The molecule has 1 aromatic heterocycles. The van der Waals surface area contributed by atoms with Crippen LogP contribution in [0, 0.1) is 0 Å². The largest absolute Gasteiger partial charge is 0.497 e. The number of ether oxygens (including phenoxy) is 5. The molecule has 17 nitrogen and oxygen atoms in total. The van der Waals surface area contributed by atoms with Gasteiger partial charge in [0, 0.05) is 19.6 Å². The Hall–Kier alpha value is -6.83. The fourth-order valence-corrected chi connectivity index (χ4v) is 10.4. The highest BCUT2D eigenvalue weighted by Crippen LogP contribution is 2.42. The molecular weight excluding hydrogens is 877 g/mol. The molecule has 0 aliphatic carbocycles. The normalized spacial score (nSPS) is 11.8. The van der Waals surface area contributed by atoms with Gasteiger partial charge in [0.05, 0.1) is 56.8 Å². The molecule has 6 rings (SSSR count). The number of nitrogens with zero attached hydrogens (tertiary/aromatic N) is 5. The van der Waals surface area contributed by atoms with Gasteiger partial charge in [-0.1, -0.05) is 60.7 Å². The zero-order valence-electron chi connectivity index (χ0n) is 37.0. The molecule has 1 heterocycles. The summed E-state index contributed by atoms with van der Waals surface area (Å²) in [7, 11) is -3.83. The predicted molar refractivity (Wildman–Crippen MR) is 241 cm³/mol. The second kappa shape index (κ2) is 20.3. The van der Waals surface area contributed by atoms with Crippen LogP contribution < -0.4 is 19.5 Å². The number of rotatable bonds is 18. The van der Waals surface area contributed by atoms with Crippen molar-refractivity contribution in [3.8, 4) is 39.8 Å². The van der Waals surface area contributed by atoms with Crippen LogP contribution in [0.2, 0.25) is 0 Å². The SMILES string of the molecule is COC(=O)c1ccccc1-c1ccc(S(=O)(=O)CCNC(=O)OC(C)(C)C)c(S(=O)(=O)N(Cc2ccc(OC)cc2)Cc2ccc(OC)cc2)c1-c1nnn(Cc2ccc(OC)cc2)n1. The Labute approximate surface area is 378 Å². The highest BCUT2D eigenvalue weighted by atomic mass is 32.2. The maximum absolute atomic E-state index is 15.9. The van der Waals surface area contributed by atoms with Crippen LogP contribution in [0.3, 0.4) is 0 Å². The number of benzene rings is 5. The van der Waals surface area contributed by atoms with Gasteiger partial charge in [-0.2, -0.15) is 9.10 Å². The van der Waals surface area contributed by atoms with Gasteiger partial charge in [0.2, 0.25) is 15.8 Å². The van der Waals surface area contributed by atoms with E-state index in [-0.39, 0.29) is 47.7 Å². The first kappa shape index (κ1) is 47.6. The molecule has 0 radical (unpaired) electrons. The average molecular weight is 927 g/mol. The third-order valence-corrected chi connectivity index (χ3v) is 13.7. The second-order valence-corrected chi connectivity index (χ2v) is 19.5. The van der Waals surface area contributed by atoms with Crippen LogP contribution in [0.4, 0.5) is 4.79 Å². The zero-order valence-corrected chi connectivity index (χ0v) is 38.6. The third kappa shape index (κ3) is 11.7. The number of esters is 1. The number of methoxy groups -OCH3 is 4. The van der Waals surface area contributed by atoms with Crippen LogP contribution in [-0.4, -0.2) is 99.7 Å². The summed E-state index contributed by atoms with van der Waals surface area (Å²) >= 11 is 0. The first-order valence-corrected chi connectivity index (χ1v) is 23.3. The molecule has 0 aliphatic rings. The van der Waals surface area contributed by atoms with Gasteiger partial charge >= 0.3 is 12.1 Å². The molecule has 0 unspecified atom stereocenters. The fraction of sp³-hybridized carbons (Fsp3) is 0.283. The zero-order chi connectivity index (χ0) is 46.9. The summed E-state index contributed by atoms with van der Waals surface area (Å²) in [6.07, 6.45) is -0.862. The van der Waals surface area contributed by atoms with E-state index >= 15 is 8.42 Å². The maximum atomic E-state index is 15.9. The molecule has 1 N–H and O–H groups in total. The van der Waals surface area contributed by atoms with Crippen molar-refractivity contribution in [2.75, 3.05) is 40.7 Å². The van der Waals surface area contributed by atoms with Gasteiger partial charge in [-0.3, -0.25) is 0 Å². The Balaban J connectivity index is 1.63. The minimum absolute atomic E-state index is 0.0516. The van der Waals surface area contributed by atoms with E-state index in [1.54, 1.807) is 119 Å². The number of amides is 1. The van der Waals surface area contributed by atoms with E-state index in [1.807, 2.05) is 0 Å². The minimum Gasteiger partial charge on any atom is -0.497 e. The molecule has 0 fully saturated rings. The van der Waals surface area contributed by atoms with Crippen LogP contribution in [-0.2, 0) is 49.0 Å². The lowest BCUT2D eigenvalue weighted by Gasteiger charge is -2.26. The molecule has 0 atom stereocenters. The van der Waals surface area contributed by atoms with Gasteiger partial charge in [-0.05, 0) is 102 Å². The Morgan fingerprint density at radius 3 is 1.75 bits per heavy atom. The van der Waals surface area contributed by atoms with Crippen molar-refractivity contribution in [1.82, 2.24) is 29.8 Å². The topological polar surface area (TPSA) is 207 Å². The molecule has 0 spiro atoms. The maximum Gasteiger partial charge on any atom is 0.407 e. The number of sulfonamides is 1. The number of aromatic nitrogens is 4. The number of alkyl carbamates (subject to hydrolysis) is 1. The quantitative estimate of drug-likeness (QED) is 0.0907. The number of hydrogen-bond donors (Lipinski definition) is 1. The molecule has 342 valence electrons. The highest BCUT2D eigenvalue weighted by Gasteiger charge is 2.38. The van der Waals surface area contributed by atoms with Crippen LogP contribution in [0.25, 0.3) is 22.5 Å². The first-order valence-electron chi connectivity index (χ1n) is 20.2. The van der Waals surface area contributed by atoms with Gasteiger partial charge < -0.3 is 29.0 Å². The fourth-order valence-electron chi connectivity index (χ4n) is 6.76. The van der Waals surface area contributed by atoms with Crippen LogP contribution in [0.5, 0.6) is 17.2 Å². The molecule has 0 saturated heterocycles. The third-order valence-electron chi connectivity index (χ3n) is 9.91. The Morgan fingerprint density at radius 1 is 0.692 bits per heavy atom. The summed E-state index contributed by atoms with van der Waals surface area (Å²) in [4.78, 5) is 25.9. The van der Waals surface area contributed by atoms with Crippen LogP contribution in [0.15, 0.2) is 119 Å². The standard InChI is InChI=1S/C46H50N6O11S2/c1-46(2,3)63-45(54)47-26-27-64(55,56)40-25-24-38(37-10-8-9-11-39(37)44(53)62-7)41(43-48-50-52(49-43)30-33-16-22-36(61-6)23-17-33)42(40)65(57,58)51(28-31-12-18-34(59-4)19-13-31)29-32-14-20-35(60-5)21-15-32/h8-25H,26-30H2,1-7H3,(H,47,54). The monoisotopic (exact) mass is 926 g/mol. The van der Waals surface area contributed by atoms with Gasteiger partial charge in [0.15, 0.2) is 9.84 Å². The lowest BCUT2D eigenvalue weighted by atomic mass is 9.95. The van der Waals surface area contributed by atoms with Crippen molar-refractivity contribution in [2.45, 2.75) is 55.8 Å². The van der Waals surface area contributed by atoms with Gasteiger partial charge in [-0.25, -0.2) is 26.4 Å². The number of carbonyl (C=O) groups excluding carboxylic acids is 2. The van der Waals surface area contributed by atoms with E-state index in [9.17, 15) is 18.0 Å². The number of sulfone groups is 1. The summed E-state index contributed by atoms with van der Waals surface area (Å²) in [5.41, 5.74) is 1.06. The molecule has 19 heteroatoms. The van der Waals surface area contributed by atoms with Crippen molar-refractivity contribution in [1.29, 1.82) is 0 Å². The summed E-state index contributed by atoms with van der Waals surface area (Å²) in [5, 5.41) is 15.7. The Morgan fingerprint density at radius 2 is 1.23 bits per heavy atom. The summed E-state index contributed by atoms with van der Waals surface area (Å²) < 4.78 is 89.0. The Bertz CT molecular complexity index is 2800. The summed E-state index contributed by atoms with van der Waals surface area (Å²) in [6, 6.07) is 29.5. The van der Waals surface area contributed by atoms with E-state index in [0.717, 1.165) is 9.87 Å². The van der Waals surface area contributed by atoms with Gasteiger partial charge in [0.25, 0.3) is 0 Å². The van der Waals surface area contributed by atoms with Crippen LogP contribution >= 0.6 is 0 Å².